The van der Waals surface area contributed by atoms with Gasteiger partial charge in [-0.15, -0.1) is 0 Å². The van der Waals surface area contributed by atoms with Gasteiger partial charge >= 0.3 is 0 Å². The molecule has 0 aliphatic heterocycles. The van der Waals surface area contributed by atoms with Crippen molar-refractivity contribution in [3.63, 3.8) is 0 Å². The van der Waals surface area contributed by atoms with Crippen molar-refractivity contribution in [2.24, 2.45) is 0 Å². The summed E-state index contributed by atoms with van der Waals surface area (Å²) < 4.78 is 112. The third-order valence-corrected chi connectivity index (χ3v) is 9.82. The van der Waals surface area contributed by atoms with Crippen molar-refractivity contribution in [2.75, 3.05) is 4.90 Å². The van der Waals surface area contributed by atoms with E-state index >= 15 is 0 Å². The van der Waals surface area contributed by atoms with E-state index in [1.807, 2.05) is 115 Å². The molecule has 248 valence electrons. The largest absolute Gasteiger partial charge is 0.455 e. The second-order valence-electron chi connectivity index (χ2n) is 12.8. The summed E-state index contributed by atoms with van der Waals surface area (Å²) in [6, 6.07) is 31.6. The second-order valence-corrected chi connectivity index (χ2v) is 12.8. The topological polar surface area (TPSA) is 29.5 Å². The van der Waals surface area contributed by atoms with Crippen LogP contribution in [-0.4, -0.2) is 0 Å². The number of hydrogen-bond acceptors (Lipinski definition) is 3. The van der Waals surface area contributed by atoms with Crippen molar-refractivity contribution in [2.45, 2.75) is 0 Å². The van der Waals surface area contributed by atoms with Crippen LogP contribution in [-0.2, 0) is 0 Å². The Hall–Kier alpha value is -7.10. The monoisotopic (exact) mass is 688 g/mol. The highest BCUT2D eigenvalue weighted by atomic mass is 16.3. The fraction of sp³-hybridized carbons (Fsp3) is 0. The first-order chi connectivity index (χ1) is 30.9. The molecule has 11 rings (SSSR count). The van der Waals surface area contributed by atoms with E-state index in [9.17, 15) is 5.48 Å². The van der Waals surface area contributed by atoms with Gasteiger partial charge in [-0.2, -0.15) is 0 Å². The van der Waals surface area contributed by atoms with Gasteiger partial charge in [0.05, 0.1) is 26.2 Å². The number of nitrogens with zero attached hydrogens (tertiary/aromatic N) is 1. The molecular weight excluding hydrogens is 647 g/mol. The molecule has 2 aromatic heterocycles. The highest BCUT2D eigenvalue weighted by Crippen LogP contribution is 2.46. The number of rotatable bonds is 5. The van der Waals surface area contributed by atoms with Crippen molar-refractivity contribution in [3.05, 3.63) is 188 Å². The van der Waals surface area contributed by atoms with Gasteiger partial charge in [-0.05, 0) is 81.3 Å². The van der Waals surface area contributed by atoms with Gasteiger partial charge in [0.15, 0.2) is 0 Å². The van der Waals surface area contributed by atoms with Gasteiger partial charge in [0, 0.05) is 38.5 Å². The van der Waals surface area contributed by atoms with Crippen LogP contribution in [0.3, 0.4) is 0 Å². The summed E-state index contributed by atoms with van der Waals surface area (Å²) >= 11 is 0. The lowest BCUT2D eigenvalue weighted by molar-refractivity contribution is 0.670. The summed E-state index contributed by atoms with van der Waals surface area (Å²) in [5.74, 6) is 0. The molecule has 3 heteroatoms. The third-order valence-electron chi connectivity index (χ3n) is 9.82. The maximum absolute atomic E-state index is 9.76. The zero-order chi connectivity index (χ0) is 44.5. The summed E-state index contributed by atoms with van der Waals surface area (Å²) in [7, 11) is 0. The summed E-state index contributed by atoms with van der Waals surface area (Å²) in [4.78, 5) is 1.66. The molecule has 0 spiro atoms. The number of hydrogen-bond donors (Lipinski definition) is 0. The summed E-state index contributed by atoms with van der Waals surface area (Å²) in [5.41, 5.74) is 4.03. The zero-order valence-electron chi connectivity index (χ0n) is 38.8. The van der Waals surface area contributed by atoms with E-state index in [0.29, 0.717) is 33.5 Å². The molecule has 0 saturated heterocycles. The van der Waals surface area contributed by atoms with Crippen molar-refractivity contribution in [3.8, 4) is 22.3 Å². The molecule has 53 heavy (non-hydrogen) atoms. The molecule has 0 bridgehead atoms. The Morgan fingerprint density at radius 1 is 0.415 bits per heavy atom. The summed E-state index contributed by atoms with van der Waals surface area (Å²) in [6.45, 7) is 0. The average molecular weight is 689 g/mol. The van der Waals surface area contributed by atoms with E-state index in [1.54, 1.807) is 11.0 Å². The van der Waals surface area contributed by atoms with Crippen molar-refractivity contribution in [1.29, 1.82) is 0 Å². The van der Waals surface area contributed by atoms with E-state index in [4.69, 9.17) is 18.4 Å². The molecule has 11 aromatic rings. The number of benzene rings is 9. The van der Waals surface area contributed by atoms with Crippen LogP contribution in [0, 0.1) is 0 Å². The van der Waals surface area contributed by atoms with Gasteiger partial charge in [0.2, 0.25) is 0 Å². The Morgan fingerprint density at radius 3 is 2.11 bits per heavy atom. The summed E-state index contributed by atoms with van der Waals surface area (Å²) in [6.07, 6.45) is 0. The molecule has 2 heterocycles. The van der Waals surface area contributed by atoms with E-state index < -0.39 is 77.6 Å². The predicted octanol–water partition coefficient (Wildman–Crippen LogP) is 14.6. The normalized spacial score (nSPS) is 14.7. The minimum Gasteiger partial charge on any atom is -0.455 e. The van der Waals surface area contributed by atoms with Crippen LogP contribution >= 0.6 is 0 Å². The molecule has 3 nitrogen and oxygen atoms in total. The Labute approximate surface area is 321 Å². The van der Waals surface area contributed by atoms with Gasteiger partial charge in [0.1, 0.15) is 22.3 Å². The molecule has 0 aliphatic rings. The molecule has 9 aromatic carbocycles. The Bertz CT molecular complexity index is 3800. The van der Waals surface area contributed by atoms with Crippen LogP contribution in [0.1, 0.15) is 15.1 Å². The lowest BCUT2D eigenvalue weighted by Gasteiger charge is -2.27. The number of furan rings is 2. The van der Waals surface area contributed by atoms with E-state index in [-0.39, 0.29) is 16.5 Å². The first-order valence-corrected chi connectivity index (χ1v) is 17.1. The van der Waals surface area contributed by atoms with Crippen LogP contribution < -0.4 is 4.90 Å². The van der Waals surface area contributed by atoms with Crippen LogP contribution in [0.4, 0.5) is 17.1 Å². The highest BCUT2D eigenvalue weighted by molar-refractivity contribution is 6.19. The molecule has 0 fully saturated rings. The fourth-order valence-electron chi connectivity index (χ4n) is 7.44. The van der Waals surface area contributed by atoms with Crippen LogP contribution in [0.2, 0.25) is 0 Å². The molecule has 0 unspecified atom stereocenters. The quantitative estimate of drug-likeness (QED) is 0.180. The van der Waals surface area contributed by atoms with Crippen LogP contribution in [0.25, 0.3) is 87.7 Å². The zero-order valence-corrected chi connectivity index (χ0v) is 27.8. The smallest absolute Gasteiger partial charge is 0.143 e. The van der Waals surface area contributed by atoms with Gasteiger partial charge in [-0.25, -0.2) is 0 Å². The SMILES string of the molecule is [2H]c1c([2H])c(N(c2cccc(-c3cccc4c3oc3ccccc34)c2)c2cccc3oc4c5ccccc5ccc4c23)c([2H])c([2H])c1-c1c([2H])c([2H])c([2H])c2c([2H])c([2H])c([2H])c([2H])c12. The van der Waals surface area contributed by atoms with Crippen molar-refractivity contribution >= 4 is 82.5 Å². The van der Waals surface area contributed by atoms with Crippen molar-refractivity contribution < 1.29 is 23.9 Å². The van der Waals surface area contributed by atoms with Gasteiger partial charge < -0.3 is 13.7 Å². The van der Waals surface area contributed by atoms with Gasteiger partial charge in [-0.1, -0.05) is 139 Å². The van der Waals surface area contributed by atoms with E-state index in [2.05, 4.69) is 0 Å². The molecular formula is C50H31NO2. The van der Waals surface area contributed by atoms with Crippen LogP contribution in [0.5, 0.6) is 0 Å². The number of fused-ring (bicyclic) bond motifs is 9. The minimum absolute atomic E-state index is 0.151. The van der Waals surface area contributed by atoms with Gasteiger partial charge in [-0.3, -0.25) is 0 Å². The first-order valence-electron chi connectivity index (χ1n) is 22.6. The minimum atomic E-state index is -0.683. The maximum atomic E-state index is 9.76. The lowest BCUT2D eigenvalue weighted by atomic mass is 9.97. The molecule has 0 saturated carbocycles. The first kappa shape index (κ1) is 20.7. The number of anilines is 3. The van der Waals surface area contributed by atoms with Crippen LogP contribution in [0.15, 0.2) is 197 Å². The Morgan fingerprint density at radius 2 is 1.17 bits per heavy atom. The Kier molecular flexibility index (Phi) is 4.57. The molecule has 0 amide bonds. The second kappa shape index (κ2) is 11.7. The maximum Gasteiger partial charge on any atom is 0.143 e. The molecule has 0 N–H and O–H groups in total. The van der Waals surface area contributed by atoms with E-state index in [0.717, 1.165) is 43.6 Å². The summed E-state index contributed by atoms with van der Waals surface area (Å²) in [5, 5.41) is 4.44. The van der Waals surface area contributed by atoms with E-state index in [1.165, 1.54) is 0 Å². The highest BCUT2D eigenvalue weighted by Gasteiger charge is 2.21. The lowest BCUT2D eigenvalue weighted by Crippen LogP contribution is -2.10. The third kappa shape index (κ3) is 4.68. The average Bonchev–Trinajstić information content (AvgIpc) is 3.90. The molecule has 0 aliphatic carbocycles. The molecule has 0 atom stereocenters. The van der Waals surface area contributed by atoms with Crippen molar-refractivity contribution in [1.82, 2.24) is 0 Å². The standard InChI is InChI=1S/C50H31NO2/c1-3-16-38-32(11-1)13-8-19-39(38)34-25-28-36(29-26-34)51(45-22-10-24-47-48(45)44-30-27-33-12-2-4-17-40(33)50(44)53-47)37-15-7-14-35(31-37)41-20-9-21-43-42-18-5-6-23-46(42)52-49(41)43/h1-31H/i1D,3D,8D,11D,13D,16D,19D,25D,26D,28D,29D. The predicted molar refractivity (Wildman–Crippen MR) is 222 cm³/mol. The van der Waals surface area contributed by atoms with Gasteiger partial charge in [0.25, 0.3) is 0 Å². The Balaban J connectivity index is 1.22. The molecule has 0 radical (unpaired) electrons. The number of para-hydroxylation sites is 2. The fourth-order valence-corrected chi connectivity index (χ4v) is 7.44.